The lowest BCUT2D eigenvalue weighted by atomic mass is 9.94. The number of ketones is 1. The number of rotatable bonds is 7. The SMILES string of the molecule is COc1ccc(C)cc1/C(O)=C1\C(=O)C(=O)N(CCCN(C)C)C1c1ccccc1. The van der Waals surface area contributed by atoms with Gasteiger partial charge in [-0.25, -0.2) is 0 Å². The molecule has 1 saturated heterocycles. The monoisotopic (exact) mass is 408 g/mol. The molecule has 1 heterocycles. The lowest BCUT2D eigenvalue weighted by molar-refractivity contribution is -0.139. The molecule has 0 spiro atoms. The maximum Gasteiger partial charge on any atom is 0.295 e. The summed E-state index contributed by atoms with van der Waals surface area (Å²) in [6.07, 6.45) is 0.719. The van der Waals surface area contributed by atoms with Crippen LogP contribution in [0.15, 0.2) is 54.1 Å². The third-order valence-corrected chi connectivity index (χ3v) is 5.27. The molecular formula is C24H28N2O4. The average molecular weight is 408 g/mol. The fourth-order valence-electron chi connectivity index (χ4n) is 3.80. The Morgan fingerprint density at radius 2 is 1.83 bits per heavy atom. The summed E-state index contributed by atoms with van der Waals surface area (Å²) < 4.78 is 5.39. The minimum absolute atomic E-state index is 0.0972. The second-order valence-electron chi connectivity index (χ2n) is 7.76. The van der Waals surface area contributed by atoms with E-state index in [4.69, 9.17) is 4.74 Å². The van der Waals surface area contributed by atoms with E-state index >= 15 is 0 Å². The molecule has 1 fully saturated rings. The van der Waals surface area contributed by atoms with E-state index in [1.165, 1.54) is 7.11 Å². The van der Waals surface area contributed by atoms with Gasteiger partial charge in [-0.2, -0.15) is 0 Å². The molecule has 30 heavy (non-hydrogen) atoms. The normalized spacial score (nSPS) is 18.3. The molecule has 0 bridgehead atoms. The third-order valence-electron chi connectivity index (χ3n) is 5.27. The molecule has 0 aromatic heterocycles. The summed E-state index contributed by atoms with van der Waals surface area (Å²) in [6.45, 7) is 3.10. The van der Waals surface area contributed by atoms with Crippen molar-refractivity contribution in [2.75, 3.05) is 34.3 Å². The van der Waals surface area contributed by atoms with Gasteiger partial charge < -0.3 is 19.6 Å². The van der Waals surface area contributed by atoms with Crippen LogP contribution in [-0.4, -0.2) is 60.9 Å². The quantitative estimate of drug-likeness (QED) is 0.432. The second-order valence-corrected chi connectivity index (χ2v) is 7.76. The summed E-state index contributed by atoms with van der Waals surface area (Å²) in [5, 5.41) is 11.2. The first-order chi connectivity index (χ1) is 14.3. The van der Waals surface area contributed by atoms with E-state index in [2.05, 4.69) is 0 Å². The van der Waals surface area contributed by atoms with Crippen molar-refractivity contribution in [1.82, 2.24) is 9.80 Å². The summed E-state index contributed by atoms with van der Waals surface area (Å²) in [5.41, 5.74) is 2.20. The first kappa shape index (κ1) is 21.6. The number of aryl methyl sites for hydroxylation is 1. The Morgan fingerprint density at radius 1 is 1.13 bits per heavy atom. The molecule has 158 valence electrons. The van der Waals surface area contributed by atoms with Gasteiger partial charge >= 0.3 is 0 Å². The smallest absolute Gasteiger partial charge is 0.295 e. The Hall–Kier alpha value is -3.12. The standard InChI is InChI=1S/C24H28N2O4/c1-16-11-12-19(30-4)18(15-16)22(27)20-21(17-9-6-5-7-10-17)26(24(29)23(20)28)14-8-13-25(2)3/h5-7,9-12,15,21,27H,8,13-14H2,1-4H3/b22-20+. The van der Waals surface area contributed by atoms with Crippen molar-refractivity contribution >= 4 is 17.4 Å². The summed E-state index contributed by atoms with van der Waals surface area (Å²) in [4.78, 5) is 29.6. The first-order valence-electron chi connectivity index (χ1n) is 9.98. The highest BCUT2D eigenvalue weighted by atomic mass is 16.5. The molecule has 6 nitrogen and oxygen atoms in total. The molecule has 1 N–H and O–H groups in total. The number of hydrogen-bond acceptors (Lipinski definition) is 5. The van der Waals surface area contributed by atoms with Crippen LogP contribution in [0, 0.1) is 6.92 Å². The molecule has 2 aromatic carbocycles. The molecule has 1 unspecified atom stereocenters. The van der Waals surface area contributed by atoms with Crippen LogP contribution in [-0.2, 0) is 9.59 Å². The summed E-state index contributed by atoms with van der Waals surface area (Å²) in [7, 11) is 5.44. The molecule has 1 atom stereocenters. The van der Waals surface area contributed by atoms with Crippen molar-refractivity contribution in [2.45, 2.75) is 19.4 Å². The predicted octanol–water partition coefficient (Wildman–Crippen LogP) is 3.38. The number of amides is 1. The Kier molecular flexibility index (Phi) is 6.57. The van der Waals surface area contributed by atoms with Crippen LogP contribution >= 0.6 is 0 Å². The number of likely N-dealkylation sites (tertiary alicyclic amines) is 1. The van der Waals surface area contributed by atoms with Crippen molar-refractivity contribution in [3.8, 4) is 5.75 Å². The predicted molar refractivity (Wildman–Crippen MR) is 116 cm³/mol. The highest BCUT2D eigenvalue weighted by Crippen LogP contribution is 2.41. The van der Waals surface area contributed by atoms with Crippen LogP contribution in [0.25, 0.3) is 5.76 Å². The summed E-state index contributed by atoms with van der Waals surface area (Å²) >= 11 is 0. The van der Waals surface area contributed by atoms with Crippen molar-refractivity contribution in [1.29, 1.82) is 0 Å². The lowest BCUT2D eigenvalue weighted by Gasteiger charge is -2.26. The number of ether oxygens (including phenoxy) is 1. The van der Waals surface area contributed by atoms with Gasteiger partial charge in [0, 0.05) is 6.54 Å². The minimum Gasteiger partial charge on any atom is -0.507 e. The number of methoxy groups -OCH3 is 1. The Morgan fingerprint density at radius 3 is 2.47 bits per heavy atom. The fraction of sp³-hybridized carbons (Fsp3) is 0.333. The molecule has 1 amide bonds. The van der Waals surface area contributed by atoms with Crippen molar-refractivity contribution in [2.24, 2.45) is 0 Å². The van der Waals surface area contributed by atoms with Crippen LogP contribution in [0.4, 0.5) is 0 Å². The van der Waals surface area contributed by atoms with Crippen LogP contribution in [0.1, 0.15) is 29.2 Å². The number of aliphatic hydroxyl groups is 1. The van der Waals surface area contributed by atoms with Crippen molar-refractivity contribution < 1.29 is 19.4 Å². The number of carbonyl (C=O) groups excluding carboxylic acids is 2. The second kappa shape index (κ2) is 9.13. The van der Waals surface area contributed by atoms with E-state index < -0.39 is 17.7 Å². The number of carbonyl (C=O) groups is 2. The van der Waals surface area contributed by atoms with Crippen LogP contribution in [0.3, 0.4) is 0 Å². The van der Waals surface area contributed by atoms with E-state index in [9.17, 15) is 14.7 Å². The minimum atomic E-state index is -0.672. The Bertz CT molecular complexity index is 966. The zero-order chi connectivity index (χ0) is 21.8. The van der Waals surface area contributed by atoms with Gasteiger partial charge in [-0.15, -0.1) is 0 Å². The lowest BCUT2D eigenvalue weighted by Crippen LogP contribution is -2.32. The van der Waals surface area contributed by atoms with E-state index in [0.29, 0.717) is 17.9 Å². The number of nitrogens with zero attached hydrogens (tertiary/aromatic N) is 2. The number of Topliss-reactive ketones (excluding diaryl/α,β-unsaturated/α-hetero) is 1. The zero-order valence-electron chi connectivity index (χ0n) is 17.9. The zero-order valence-corrected chi connectivity index (χ0v) is 17.9. The van der Waals surface area contributed by atoms with Gasteiger partial charge in [-0.1, -0.05) is 42.0 Å². The molecular weight excluding hydrogens is 380 g/mol. The molecule has 0 saturated carbocycles. The Balaban J connectivity index is 2.13. The maximum absolute atomic E-state index is 13.0. The van der Waals surface area contributed by atoms with Gasteiger partial charge in [0.1, 0.15) is 11.5 Å². The summed E-state index contributed by atoms with van der Waals surface area (Å²) in [6, 6.07) is 14.1. The van der Waals surface area contributed by atoms with Crippen LogP contribution in [0.2, 0.25) is 0 Å². The van der Waals surface area contributed by atoms with E-state index in [0.717, 1.165) is 24.1 Å². The van der Waals surface area contributed by atoms with Crippen LogP contribution in [0.5, 0.6) is 5.75 Å². The molecule has 6 heteroatoms. The average Bonchev–Trinajstić information content (AvgIpc) is 2.98. The first-order valence-corrected chi connectivity index (χ1v) is 9.98. The number of hydrogen-bond donors (Lipinski definition) is 1. The highest BCUT2D eigenvalue weighted by molar-refractivity contribution is 6.46. The van der Waals surface area contributed by atoms with Crippen molar-refractivity contribution in [3.05, 3.63) is 70.8 Å². The maximum atomic E-state index is 13.0. The van der Waals surface area contributed by atoms with Crippen molar-refractivity contribution in [3.63, 3.8) is 0 Å². The Labute approximate surface area is 177 Å². The van der Waals surface area contributed by atoms with Gasteiger partial charge in [0.2, 0.25) is 0 Å². The third kappa shape index (κ3) is 4.24. The highest BCUT2D eigenvalue weighted by Gasteiger charge is 2.46. The van der Waals surface area contributed by atoms with Gasteiger partial charge in [0.05, 0.1) is 24.3 Å². The van der Waals surface area contributed by atoms with Gasteiger partial charge in [0.15, 0.2) is 0 Å². The van der Waals surface area contributed by atoms with E-state index in [1.807, 2.05) is 62.3 Å². The largest absolute Gasteiger partial charge is 0.507 e. The molecule has 1 aliphatic heterocycles. The van der Waals surface area contributed by atoms with Crippen LogP contribution < -0.4 is 4.74 Å². The number of aliphatic hydroxyl groups excluding tert-OH is 1. The van der Waals surface area contributed by atoms with E-state index in [-0.39, 0.29) is 11.3 Å². The molecule has 3 rings (SSSR count). The molecule has 0 radical (unpaired) electrons. The molecule has 2 aromatic rings. The number of benzene rings is 2. The van der Waals surface area contributed by atoms with Gasteiger partial charge in [0.25, 0.3) is 11.7 Å². The molecule has 0 aliphatic carbocycles. The summed E-state index contributed by atoms with van der Waals surface area (Å²) in [5.74, 6) is -1.02. The van der Waals surface area contributed by atoms with E-state index in [1.54, 1.807) is 17.0 Å². The fourth-order valence-corrected chi connectivity index (χ4v) is 3.80. The van der Waals surface area contributed by atoms with Gasteiger partial charge in [-0.3, -0.25) is 9.59 Å². The van der Waals surface area contributed by atoms with Gasteiger partial charge in [-0.05, 0) is 51.7 Å². The topological polar surface area (TPSA) is 70.1 Å². The molecule has 1 aliphatic rings.